The number of rotatable bonds is 4. The fourth-order valence-electron chi connectivity index (χ4n) is 1.69. The Bertz CT molecular complexity index is 567. The third-order valence-electron chi connectivity index (χ3n) is 2.75. The molecule has 2 aromatic rings. The molecule has 0 saturated carbocycles. The van der Waals surface area contributed by atoms with E-state index in [9.17, 15) is 5.11 Å². The monoisotopic (exact) mass is 322 g/mol. The lowest BCUT2D eigenvalue weighted by atomic mass is 10.1. The SMILES string of the molecule is C[C@@H](O)c1ccc(Oc2cccc(CO)c2)c(Br)c1. The average Bonchev–Trinajstić information content (AvgIpc) is 2.41. The largest absolute Gasteiger partial charge is 0.456 e. The summed E-state index contributed by atoms with van der Waals surface area (Å²) >= 11 is 3.42. The first-order valence-corrected chi connectivity index (χ1v) is 6.74. The van der Waals surface area contributed by atoms with E-state index < -0.39 is 6.10 Å². The molecule has 0 bridgehead atoms. The van der Waals surface area contributed by atoms with Crippen LogP contribution in [0.1, 0.15) is 24.2 Å². The molecular formula is C15H15BrO3. The molecule has 19 heavy (non-hydrogen) atoms. The van der Waals surface area contributed by atoms with Crippen LogP contribution in [0.25, 0.3) is 0 Å². The Balaban J connectivity index is 2.23. The topological polar surface area (TPSA) is 49.7 Å². The summed E-state index contributed by atoms with van der Waals surface area (Å²) in [6.07, 6.45) is -0.511. The van der Waals surface area contributed by atoms with Crippen LogP contribution < -0.4 is 4.74 Å². The number of aliphatic hydroxyl groups is 2. The van der Waals surface area contributed by atoms with Crippen LogP contribution in [-0.4, -0.2) is 10.2 Å². The number of aliphatic hydroxyl groups excluding tert-OH is 2. The average molecular weight is 323 g/mol. The smallest absolute Gasteiger partial charge is 0.141 e. The summed E-state index contributed by atoms with van der Waals surface area (Å²) in [5.41, 5.74) is 1.62. The molecule has 0 spiro atoms. The Morgan fingerprint density at radius 1 is 1.21 bits per heavy atom. The highest BCUT2D eigenvalue weighted by molar-refractivity contribution is 9.10. The molecule has 0 aliphatic heterocycles. The van der Waals surface area contributed by atoms with Crippen LogP contribution >= 0.6 is 15.9 Å². The summed E-state index contributed by atoms with van der Waals surface area (Å²) < 4.78 is 6.52. The fraction of sp³-hybridized carbons (Fsp3) is 0.200. The van der Waals surface area contributed by atoms with Gasteiger partial charge in [-0.1, -0.05) is 18.2 Å². The zero-order valence-corrected chi connectivity index (χ0v) is 12.1. The number of benzene rings is 2. The van der Waals surface area contributed by atoms with Gasteiger partial charge in [0.1, 0.15) is 11.5 Å². The van der Waals surface area contributed by atoms with Crippen molar-refractivity contribution in [3.8, 4) is 11.5 Å². The van der Waals surface area contributed by atoms with Crippen molar-refractivity contribution in [1.29, 1.82) is 0 Å². The highest BCUT2D eigenvalue weighted by Crippen LogP contribution is 2.32. The maximum absolute atomic E-state index is 9.51. The molecule has 0 aliphatic rings. The zero-order chi connectivity index (χ0) is 13.8. The first-order valence-electron chi connectivity index (χ1n) is 5.95. The molecule has 0 fully saturated rings. The highest BCUT2D eigenvalue weighted by atomic mass is 79.9. The van der Waals surface area contributed by atoms with Crippen LogP contribution in [0.15, 0.2) is 46.9 Å². The van der Waals surface area contributed by atoms with Gasteiger partial charge in [-0.2, -0.15) is 0 Å². The molecule has 0 aromatic heterocycles. The quantitative estimate of drug-likeness (QED) is 0.900. The molecule has 0 unspecified atom stereocenters. The van der Waals surface area contributed by atoms with Crippen molar-refractivity contribution < 1.29 is 14.9 Å². The van der Waals surface area contributed by atoms with Crippen molar-refractivity contribution in [1.82, 2.24) is 0 Å². The van der Waals surface area contributed by atoms with Gasteiger partial charge in [-0.05, 0) is 58.2 Å². The van der Waals surface area contributed by atoms with Gasteiger partial charge in [0.25, 0.3) is 0 Å². The summed E-state index contributed by atoms with van der Waals surface area (Å²) in [7, 11) is 0. The molecule has 1 atom stereocenters. The van der Waals surface area contributed by atoms with E-state index in [2.05, 4.69) is 15.9 Å². The van der Waals surface area contributed by atoms with Gasteiger partial charge >= 0.3 is 0 Å². The Morgan fingerprint density at radius 2 is 2.00 bits per heavy atom. The zero-order valence-electron chi connectivity index (χ0n) is 10.5. The molecule has 100 valence electrons. The van der Waals surface area contributed by atoms with E-state index in [1.54, 1.807) is 19.1 Å². The minimum absolute atomic E-state index is 0.0145. The van der Waals surface area contributed by atoms with E-state index >= 15 is 0 Å². The number of hydrogen-bond acceptors (Lipinski definition) is 3. The van der Waals surface area contributed by atoms with Gasteiger partial charge < -0.3 is 14.9 Å². The molecule has 0 radical (unpaired) electrons. The van der Waals surface area contributed by atoms with Gasteiger partial charge in [-0.25, -0.2) is 0 Å². The molecule has 0 heterocycles. The fourth-order valence-corrected chi connectivity index (χ4v) is 2.17. The van der Waals surface area contributed by atoms with Crippen LogP contribution in [0.5, 0.6) is 11.5 Å². The Morgan fingerprint density at radius 3 is 2.63 bits per heavy atom. The maximum Gasteiger partial charge on any atom is 0.141 e. The van der Waals surface area contributed by atoms with Crippen molar-refractivity contribution in [2.45, 2.75) is 19.6 Å². The molecule has 0 saturated heterocycles. The van der Waals surface area contributed by atoms with E-state index in [4.69, 9.17) is 9.84 Å². The molecular weight excluding hydrogens is 308 g/mol. The minimum atomic E-state index is -0.511. The number of ether oxygens (including phenoxy) is 1. The van der Waals surface area contributed by atoms with Crippen LogP contribution in [0, 0.1) is 0 Å². The van der Waals surface area contributed by atoms with E-state index in [0.29, 0.717) is 11.5 Å². The van der Waals surface area contributed by atoms with Gasteiger partial charge in [-0.15, -0.1) is 0 Å². The molecule has 2 rings (SSSR count). The first-order chi connectivity index (χ1) is 9.10. The van der Waals surface area contributed by atoms with E-state index in [-0.39, 0.29) is 6.61 Å². The van der Waals surface area contributed by atoms with Gasteiger partial charge in [0, 0.05) is 0 Å². The second kappa shape index (κ2) is 6.19. The Hall–Kier alpha value is -1.36. The van der Waals surface area contributed by atoms with E-state index in [1.165, 1.54) is 0 Å². The third kappa shape index (κ3) is 3.56. The summed E-state index contributed by atoms with van der Waals surface area (Å²) in [6.45, 7) is 1.70. The number of halogens is 1. The van der Waals surface area contributed by atoms with Crippen LogP contribution in [0.3, 0.4) is 0 Å². The molecule has 0 aliphatic carbocycles. The van der Waals surface area contributed by atoms with Crippen LogP contribution in [0.2, 0.25) is 0 Å². The predicted molar refractivity (Wildman–Crippen MR) is 77.2 cm³/mol. The molecule has 0 amide bonds. The first kappa shape index (κ1) is 14.1. The lowest BCUT2D eigenvalue weighted by Gasteiger charge is -2.11. The Kier molecular flexibility index (Phi) is 4.58. The second-order valence-electron chi connectivity index (χ2n) is 4.27. The van der Waals surface area contributed by atoms with Crippen molar-refractivity contribution in [3.63, 3.8) is 0 Å². The van der Waals surface area contributed by atoms with Crippen molar-refractivity contribution in [2.24, 2.45) is 0 Å². The summed E-state index contributed by atoms with van der Waals surface area (Å²) in [4.78, 5) is 0. The van der Waals surface area contributed by atoms with Crippen LogP contribution in [0.4, 0.5) is 0 Å². The van der Waals surface area contributed by atoms with E-state index in [0.717, 1.165) is 15.6 Å². The van der Waals surface area contributed by atoms with Gasteiger partial charge in [0.15, 0.2) is 0 Å². The van der Waals surface area contributed by atoms with Gasteiger partial charge in [0.2, 0.25) is 0 Å². The summed E-state index contributed by atoms with van der Waals surface area (Å²) in [6, 6.07) is 12.7. The lowest BCUT2D eigenvalue weighted by Crippen LogP contribution is -1.93. The molecule has 2 aromatic carbocycles. The normalized spacial score (nSPS) is 12.2. The van der Waals surface area contributed by atoms with Crippen molar-refractivity contribution in [2.75, 3.05) is 0 Å². The molecule has 3 nitrogen and oxygen atoms in total. The van der Waals surface area contributed by atoms with Gasteiger partial charge in [-0.3, -0.25) is 0 Å². The maximum atomic E-state index is 9.51. The Labute approximate surface area is 120 Å². The summed E-state index contributed by atoms with van der Waals surface area (Å²) in [5, 5.41) is 18.6. The summed E-state index contributed by atoms with van der Waals surface area (Å²) in [5.74, 6) is 1.33. The predicted octanol–water partition coefficient (Wildman–Crippen LogP) is 3.79. The minimum Gasteiger partial charge on any atom is -0.456 e. The van der Waals surface area contributed by atoms with Gasteiger partial charge in [0.05, 0.1) is 17.2 Å². The van der Waals surface area contributed by atoms with Crippen molar-refractivity contribution in [3.05, 3.63) is 58.1 Å². The van der Waals surface area contributed by atoms with Crippen LogP contribution in [-0.2, 0) is 6.61 Å². The highest BCUT2D eigenvalue weighted by Gasteiger charge is 2.07. The second-order valence-corrected chi connectivity index (χ2v) is 5.13. The molecule has 2 N–H and O–H groups in total. The molecule has 4 heteroatoms. The van der Waals surface area contributed by atoms with E-state index in [1.807, 2.05) is 30.3 Å². The standard InChI is InChI=1S/C15H15BrO3/c1-10(18)12-5-6-15(14(16)8-12)19-13-4-2-3-11(7-13)9-17/h2-8,10,17-18H,9H2,1H3/t10-/m1/s1. The van der Waals surface area contributed by atoms with Crippen molar-refractivity contribution >= 4 is 15.9 Å². The third-order valence-corrected chi connectivity index (χ3v) is 3.37. The lowest BCUT2D eigenvalue weighted by molar-refractivity contribution is 0.199. The number of hydrogen-bond donors (Lipinski definition) is 2.